The van der Waals surface area contributed by atoms with Gasteiger partial charge in [-0.15, -0.1) is 0 Å². The number of carbonyl (C=O) groups excluding carboxylic acids is 2. The van der Waals surface area contributed by atoms with Gasteiger partial charge in [0.2, 0.25) is 6.79 Å². The lowest BCUT2D eigenvalue weighted by Crippen LogP contribution is -2.22. The predicted octanol–water partition coefficient (Wildman–Crippen LogP) is 3.63. The number of carbonyl (C=O) groups is 2. The molecule has 0 saturated heterocycles. The van der Waals surface area contributed by atoms with Gasteiger partial charge in [0.25, 0.3) is 5.91 Å². The minimum absolute atomic E-state index is 0.131. The molecule has 1 N–H and O–H groups in total. The van der Waals surface area contributed by atoms with E-state index in [1.807, 2.05) is 38.1 Å². The molecule has 1 aliphatic heterocycles. The minimum Gasteiger partial charge on any atom is -0.454 e. The van der Waals surface area contributed by atoms with Crippen molar-refractivity contribution in [3.63, 3.8) is 0 Å². The van der Waals surface area contributed by atoms with Crippen molar-refractivity contribution < 1.29 is 23.8 Å². The third-order valence-electron chi connectivity index (χ3n) is 4.65. The molecule has 0 atom stereocenters. The number of anilines is 1. The van der Waals surface area contributed by atoms with Crippen molar-refractivity contribution in [2.45, 2.75) is 26.7 Å². The van der Waals surface area contributed by atoms with Crippen molar-refractivity contribution in [1.29, 1.82) is 5.26 Å². The van der Waals surface area contributed by atoms with Crippen molar-refractivity contribution in [3.05, 3.63) is 58.7 Å². The smallest absolute Gasteiger partial charge is 0.349 e. The van der Waals surface area contributed by atoms with Gasteiger partial charge in [-0.2, -0.15) is 5.26 Å². The topological polar surface area (TPSA) is 97.7 Å². The molecule has 0 unspecified atom stereocenters. The molecule has 1 aliphatic rings. The van der Waals surface area contributed by atoms with Crippen LogP contribution in [0.15, 0.2) is 42.0 Å². The van der Waals surface area contributed by atoms with E-state index in [0.717, 1.165) is 29.7 Å². The van der Waals surface area contributed by atoms with Gasteiger partial charge >= 0.3 is 5.97 Å². The van der Waals surface area contributed by atoms with Crippen LogP contribution in [0, 0.1) is 11.3 Å². The van der Waals surface area contributed by atoms with E-state index >= 15 is 0 Å². The Morgan fingerprint density at radius 2 is 1.83 bits per heavy atom. The maximum atomic E-state index is 12.3. The number of esters is 1. The normalized spacial score (nSPS) is 12.2. The van der Waals surface area contributed by atoms with Crippen LogP contribution in [0.4, 0.5) is 5.69 Å². The van der Waals surface area contributed by atoms with Gasteiger partial charge in [-0.3, -0.25) is 4.79 Å². The fourth-order valence-corrected chi connectivity index (χ4v) is 3.09. The Balaban J connectivity index is 1.64. The lowest BCUT2D eigenvalue weighted by atomic mass is 10.0. The average molecular weight is 406 g/mol. The molecular weight excluding hydrogens is 384 g/mol. The van der Waals surface area contributed by atoms with Crippen LogP contribution >= 0.6 is 0 Å². The Hall–Kier alpha value is -3.79. The predicted molar refractivity (Wildman–Crippen MR) is 111 cm³/mol. The van der Waals surface area contributed by atoms with Crippen LogP contribution in [0.2, 0.25) is 0 Å². The van der Waals surface area contributed by atoms with Crippen molar-refractivity contribution in [2.24, 2.45) is 0 Å². The molecule has 0 radical (unpaired) electrons. The number of para-hydroxylation sites is 1. The molecule has 0 bridgehead atoms. The highest BCUT2D eigenvalue weighted by Gasteiger charge is 2.17. The third-order valence-corrected chi connectivity index (χ3v) is 4.65. The van der Waals surface area contributed by atoms with Gasteiger partial charge in [-0.05, 0) is 47.7 Å². The Bertz CT molecular complexity index is 1010. The SMILES string of the molecule is CCc1cccc(CC)c1NC(=O)COC(=O)C(C#N)=Cc1ccc2c(c1)OCO2. The minimum atomic E-state index is -0.871. The van der Waals surface area contributed by atoms with Crippen LogP contribution < -0.4 is 14.8 Å². The average Bonchev–Trinajstić information content (AvgIpc) is 3.23. The number of nitriles is 1. The fraction of sp³-hybridized carbons (Fsp3) is 0.261. The van der Waals surface area contributed by atoms with Gasteiger partial charge in [0.1, 0.15) is 11.6 Å². The highest BCUT2D eigenvalue weighted by atomic mass is 16.7. The second kappa shape index (κ2) is 9.61. The highest BCUT2D eigenvalue weighted by Crippen LogP contribution is 2.33. The van der Waals surface area contributed by atoms with E-state index in [9.17, 15) is 14.9 Å². The monoisotopic (exact) mass is 406 g/mol. The van der Waals surface area contributed by atoms with Gasteiger partial charge in [0.05, 0.1) is 0 Å². The van der Waals surface area contributed by atoms with E-state index in [-0.39, 0.29) is 12.4 Å². The largest absolute Gasteiger partial charge is 0.454 e. The molecule has 0 aliphatic carbocycles. The van der Waals surface area contributed by atoms with Crippen molar-refractivity contribution in [1.82, 2.24) is 0 Å². The summed E-state index contributed by atoms with van der Waals surface area (Å²) in [6, 6.07) is 12.7. The van der Waals surface area contributed by atoms with Crippen LogP contribution in [-0.4, -0.2) is 25.3 Å². The quantitative estimate of drug-likeness (QED) is 0.428. The zero-order chi connectivity index (χ0) is 21.5. The van der Waals surface area contributed by atoms with E-state index in [1.54, 1.807) is 18.2 Å². The maximum Gasteiger partial charge on any atom is 0.349 e. The summed E-state index contributed by atoms with van der Waals surface area (Å²) in [6.07, 6.45) is 2.91. The van der Waals surface area contributed by atoms with E-state index in [1.165, 1.54) is 6.08 Å². The van der Waals surface area contributed by atoms with Crippen molar-refractivity contribution in [3.8, 4) is 17.6 Å². The molecular formula is C23H22N2O5. The van der Waals surface area contributed by atoms with Gasteiger partial charge < -0.3 is 19.5 Å². The molecule has 0 spiro atoms. The standard InChI is InChI=1S/C23H22N2O5/c1-3-16-6-5-7-17(4-2)22(16)25-21(26)13-28-23(27)18(12-24)10-15-8-9-19-20(11-15)30-14-29-19/h5-11H,3-4,13-14H2,1-2H3,(H,25,26). The number of hydrogen-bond acceptors (Lipinski definition) is 6. The Labute approximate surface area is 174 Å². The summed E-state index contributed by atoms with van der Waals surface area (Å²) < 4.78 is 15.6. The Morgan fingerprint density at radius 1 is 1.13 bits per heavy atom. The molecule has 3 rings (SSSR count). The lowest BCUT2D eigenvalue weighted by molar-refractivity contribution is -0.142. The molecule has 30 heavy (non-hydrogen) atoms. The lowest BCUT2D eigenvalue weighted by Gasteiger charge is -2.14. The molecule has 7 heteroatoms. The molecule has 1 heterocycles. The van der Waals surface area contributed by atoms with Crippen LogP contribution in [0.1, 0.15) is 30.5 Å². The summed E-state index contributed by atoms with van der Waals surface area (Å²) in [5, 5.41) is 12.1. The molecule has 0 aromatic heterocycles. The first-order valence-electron chi connectivity index (χ1n) is 9.64. The van der Waals surface area contributed by atoms with Crippen molar-refractivity contribution >= 4 is 23.6 Å². The van der Waals surface area contributed by atoms with Crippen LogP contribution in [0.5, 0.6) is 11.5 Å². The van der Waals surface area contributed by atoms with Crippen LogP contribution in [0.3, 0.4) is 0 Å². The zero-order valence-electron chi connectivity index (χ0n) is 16.9. The van der Waals surface area contributed by atoms with Gasteiger partial charge in [0, 0.05) is 5.69 Å². The van der Waals surface area contributed by atoms with E-state index in [0.29, 0.717) is 17.1 Å². The number of aryl methyl sites for hydroxylation is 2. The van der Waals surface area contributed by atoms with E-state index in [2.05, 4.69) is 5.32 Å². The molecule has 154 valence electrons. The number of ether oxygens (including phenoxy) is 3. The number of rotatable bonds is 7. The third kappa shape index (κ3) is 4.78. The van der Waals surface area contributed by atoms with Gasteiger partial charge in [-0.1, -0.05) is 38.1 Å². The van der Waals surface area contributed by atoms with Crippen LogP contribution in [0.25, 0.3) is 6.08 Å². The Morgan fingerprint density at radius 3 is 2.50 bits per heavy atom. The second-order valence-electron chi connectivity index (χ2n) is 6.57. The van der Waals surface area contributed by atoms with E-state index in [4.69, 9.17) is 14.2 Å². The van der Waals surface area contributed by atoms with Gasteiger partial charge in [-0.25, -0.2) is 4.79 Å². The summed E-state index contributed by atoms with van der Waals surface area (Å²) in [5.74, 6) is -0.192. The first-order chi connectivity index (χ1) is 14.5. The number of benzene rings is 2. The highest BCUT2D eigenvalue weighted by molar-refractivity contribution is 6.00. The van der Waals surface area contributed by atoms with Crippen molar-refractivity contribution in [2.75, 3.05) is 18.7 Å². The number of fused-ring (bicyclic) bond motifs is 1. The fourth-order valence-electron chi connectivity index (χ4n) is 3.09. The first-order valence-corrected chi connectivity index (χ1v) is 9.64. The molecule has 7 nitrogen and oxygen atoms in total. The number of amides is 1. The molecule has 0 saturated carbocycles. The summed E-state index contributed by atoms with van der Waals surface area (Å²) in [4.78, 5) is 24.6. The summed E-state index contributed by atoms with van der Waals surface area (Å²) in [7, 11) is 0. The number of hydrogen-bond donors (Lipinski definition) is 1. The first kappa shape index (κ1) is 20.9. The van der Waals surface area contributed by atoms with Crippen LogP contribution in [-0.2, 0) is 27.2 Å². The molecule has 2 aromatic carbocycles. The second-order valence-corrected chi connectivity index (χ2v) is 6.57. The zero-order valence-corrected chi connectivity index (χ0v) is 16.9. The summed E-state index contributed by atoms with van der Waals surface area (Å²) in [6.45, 7) is 3.65. The van der Waals surface area contributed by atoms with E-state index < -0.39 is 18.5 Å². The number of nitrogens with zero attached hydrogens (tertiary/aromatic N) is 1. The summed E-state index contributed by atoms with van der Waals surface area (Å²) >= 11 is 0. The maximum absolute atomic E-state index is 12.3. The number of nitrogens with one attached hydrogen (secondary N) is 1. The molecule has 1 amide bonds. The summed E-state index contributed by atoms with van der Waals surface area (Å²) in [5.41, 5.74) is 3.13. The molecule has 2 aromatic rings. The Kier molecular flexibility index (Phi) is 6.71. The van der Waals surface area contributed by atoms with Gasteiger partial charge in [0.15, 0.2) is 18.1 Å². The molecule has 0 fully saturated rings.